The van der Waals surface area contributed by atoms with Crippen molar-refractivity contribution < 1.29 is 9.84 Å². The first-order valence-corrected chi connectivity index (χ1v) is 12.9. The molecule has 0 aliphatic heterocycles. The highest BCUT2D eigenvalue weighted by Crippen LogP contribution is 2.44. The van der Waals surface area contributed by atoms with Gasteiger partial charge in [-0.3, -0.25) is 0 Å². The van der Waals surface area contributed by atoms with Gasteiger partial charge in [-0.1, -0.05) is 95.8 Å². The van der Waals surface area contributed by atoms with Crippen LogP contribution in [0.3, 0.4) is 0 Å². The van der Waals surface area contributed by atoms with E-state index in [1.54, 1.807) is 6.07 Å². The molecule has 170 valence electrons. The van der Waals surface area contributed by atoms with Crippen LogP contribution < -0.4 is 4.74 Å². The number of phenolic OH excluding ortho intramolecular Hbond substituents is 1. The van der Waals surface area contributed by atoms with Crippen LogP contribution in [0.25, 0.3) is 0 Å². The van der Waals surface area contributed by atoms with E-state index >= 15 is 0 Å². The maximum atomic E-state index is 10.4. The summed E-state index contributed by atoms with van der Waals surface area (Å²) >= 11 is 0. The summed E-state index contributed by atoms with van der Waals surface area (Å²) in [4.78, 5) is 0. The number of hydrogen-bond donors (Lipinski definition) is 1. The molecular weight excluding hydrogens is 380 g/mol. The normalized spacial score (nSPS) is 14.2. The number of rotatable bonds is 14. The summed E-state index contributed by atoms with van der Waals surface area (Å²) in [5.41, 5.74) is 2.38. The van der Waals surface area contributed by atoms with Crippen molar-refractivity contribution in [3.63, 3.8) is 0 Å². The zero-order chi connectivity index (χ0) is 21.7. The number of hydrogen-bond acceptors (Lipinski definition) is 2. The highest BCUT2D eigenvalue weighted by atomic mass is 16.5. The Morgan fingerprint density at radius 2 is 1.39 bits per heavy atom. The number of phenols is 1. The fraction of sp³-hybridized carbons (Fsp3) is 0.586. The quantitative estimate of drug-likeness (QED) is 0.307. The van der Waals surface area contributed by atoms with Crippen molar-refractivity contribution >= 4 is 0 Å². The molecule has 0 bridgehead atoms. The van der Waals surface area contributed by atoms with Gasteiger partial charge >= 0.3 is 0 Å². The Morgan fingerprint density at radius 1 is 0.774 bits per heavy atom. The maximum absolute atomic E-state index is 10.4. The number of aryl methyl sites for hydroxylation is 1. The lowest BCUT2D eigenvalue weighted by Crippen LogP contribution is -1.97. The molecule has 1 fully saturated rings. The van der Waals surface area contributed by atoms with Crippen LogP contribution in [0, 0.1) is 0 Å². The van der Waals surface area contributed by atoms with Crippen molar-refractivity contribution in [1.82, 2.24) is 0 Å². The third kappa shape index (κ3) is 7.91. The Hall–Kier alpha value is -1.96. The average Bonchev–Trinajstić information content (AvgIpc) is 3.31. The Balaban J connectivity index is 1.39. The molecule has 0 amide bonds. The standard InChI is InChI=1S/C29H42O2/c1-2-3-4-5-6-7-8-9-10-11-15-24-20-22-26(23-21-24)31-28-19-14-18-27(30)29(28)25-16-12-13-17-25/h14,18-23,25,30H,2-13,15-17H2,1H3. The summed E-state index contributed by atoms with van der Waals surface area (Å²) in [5.74, 6) is 2.47. The second-order valence-electron chi connectivity index (χ2n) is 9.35. The third-order valence-corrected chi connectivity index (χ3v) is 6.78. The van der Waals surface area contributed by atoms with E-state index in [1.165, 1.54) is 82.6 Å². The molecule has 2 nitrogen and oxygen atoms in total. The minimum Gasteiger partial charge on any atom is -0.508 e. The van der Waals surface area contributed by atoms with E-state index in [0.717, 1.165) is 36.3 Å². The Bertz CT molecular complexity index is 744. The van der Waals surface area contributed by atoms with Crippen molar-refractivity contribution in [3.05, 3.63) is 53.6 Å². The smallest absolute Gasteiger partial charge is 0.134 e. The van der Waals surface area contributed by atoms with E-state index in [-0.39, 0.29) is 0 Å². The highest BCUT2D eigenvalue weighted by Gasteiger charge is 2.24. The van der Waals surface area contributed by atoms with Gasteiger partial charge in [-0.05, 0) is 61.4 Å². The molecule has 0 radical (unpaired) electrons. The zero-order valence-electron chi connectivity index (χ0n) is 19.6. The minimum atomic E-state index is 0.377. The highest BCUT2D eigenvalue weighted by molar-refractivity contribution is 5.48. The molecular formula is C29H42O2. The zero-order valence-corrected chi connectivity index (χ0v) is 19.6. The first-order chi connectivity index (χ1) is 15.3. The van der Waals surface area contributed by atoms with Gasteiger partial charge in [0.15, 0.2) is 0 Å². The lowest BCUT2D eigenvalue weighted by atomic mass is 9.95. The molecule has 0 saturated heterocycles. The molecule has 0 atom stereocenters. The fourth-order valence-electron chi connectivity index (χ4n) is 4.91. The fourth-order valence-corrected chi connectivity index (χ4v) is 4.91. The van der Waals surface area contributed by atoms with Crippen molar-refractivity contribution in [2.75, 3.05) is 0 Å². The first-order valence-electron chi connectivity index (χ1n) is 12.9. The molecule has 1 N–H and O–H groups in total. The number of benzene rings is 2. The third-order valence-electron chi connectivity index (χ3n) is 6.78. The van der Waals surface area contributed by atoms with Gasteiger partial charge < -0.3 is 9.84 Å². The molecule has 0 heterocycles. The SMILES string of the molecule is CCCCCCCCCCCCc1ccc(Oc2cccc(O)c2C2CCCC2)cc1. The van der Waals surface area contributed by atoms with Crippen molar-refractivity contribution in [2.45, 2.75) is 109 Å². The van der Waals surface area contributed by atoms with Crippen LogP contribution in [0.1, 0.15) is 114 Å². The summed E-state index contributed by atoms with van der Waals surface area (Å²) in [6, 6.07) is 14.2. The van der Waals surface area contributed by atoms with Crippen LogP contribution in [0.15, 0.2) is 42.5 Å². The molecule has 2 aromatic carbocycles. The number of unbranched alkanes of at least 4 members (excludes halogenated alkanes) is 9. The molecule has 1 aliphatic carbocycles. The van der Waals surface area contributed by atoms with E-state index in [1.807, 2.05) is 12.1 Å². The average molecular weight is 423 g/mol. The van der Waals surface area contributed by atoms with Gasteiger partial charge in [0.1, 0.15) is 17.2 Å². The molecule has 31 heavy (non-hydrogen) atoms. The Morgan fingerprint density at radius 3 is 2.03 bits per heavy atom. The van der Waals surface area contributed by atoms with Crippen LogP contribution in [0.2, 0.25) is 0 Å². The van der Waals surface area contributed by atoms with Crippen LogP contribution >= 0.6 is 0 Å². The van der Waals surface area contributed by atoms with Gasteiger partial charge in [-0.2, -0.15) is 0 Å². The topological polar surface area (TPSA) is 29.5 Å². The van der Waals surface area contributed by atoms with Crippen molar-refractivity contribution in [3.8, 4) is 17.2 Å². The van der Waals surface area contributed by atoms with Gasteiger partial charge in [0.25, 0.3) is 0 Å². The molecule has 0 unspecified atom stereocenters. The van der Waals surface area contributed by atoms with Crippen molar-refractivity contribution in [2.24, 2.45) is 0 Å². The monoisotopic (exact) mass is 422 g/mol. The molecule has 0 spiro atoms. The van der Waals surface area contributed by atoms with Gasteiger partial charge in [0.2, 0.25) is 0 Å². The van der Waals surface area contributed by atoms with E-state index in [4.69, 9.17) is 4.74 Å². The Kier molecular flexibility index (Phi) is 10.3. The minimum absolute atomic E-state index is 0.377. The molecule has 2 aromatic rings. The van der Waals surface area contributed by atoms with Gasteiger partial charge in [-0.25, -0.2) is 0 Å². The van der Waals surface area contributed by atoms with Crippen molar-refractivity contribution in [1.29, 1.82) is 0 Å². The molecule has 3 rings (SSSR count). The molecule has 2 heteroatoms. The van der Waals surface area contributed by atoms with E-state index < -0.39 is 0 Å². The Labute approximate surface area is 190 Å². The first kappa shape index (κ1) is 23.7. The van der Waals surface area contributed by atoms with Gasteiger partial charge in [0, 0.05) is 5.56 Å². The molecule has 1 aliphatic rings. The van der Waals surface area contributed by atoms with Gasteiger partial charge in [0.05, 0.1) is 0 Å². The second kappa shape index (κ2) is 13.5. The lowest BCUT2D eigenvalue weighted by molar-refractivity contribution is 0.433. The van der Waals surface area contributed by atoms with E-state index in [2.05, 4.69) is 31.2 Å². The second-order valence-corrected chi connectivity index (χ2v) is 9.35. The molecule has 1 saturated carbocycles. The van der Waals surface area contributed by atoms with E-state index in [0.29, 0.717) is 11.7 Å². The summed E-state index contributed by atoms with van der Waals surface area (Å²) in [5, 5.41) is 10.4. The number of ether oxygens (including phenoxy) is 1. The molecule has 0 aromatic heterocycles. The maximum Gasteiger partial charge on any atom is 0.134 e. The van der Waals surface area contributed by atoms with Crippen LogP contribution in [0.5, 0.6) is 17.2 Å². The van der Waals surface area contributed by atoms with E-state index in [9.17, 15) is 5.11 Å². The summed E-state index contributed by atoms with van der Waals surface area (Å²) in [6.45, 7) is 2.28. The lowest BCUT2D eigenvalue weighted by Gasteiger charge is -2.17. The summed E-state index contributed by atoms with van der Waals surface area (Å²) < 4.78 is 6.20. The summed E-state index contributed by atoms with van der Waals surface area (Å²) in [7, 11) is 0. The number of aromatic hydroxyl groups is 1. The van der Waals surface area contributed by atoms with Gasteiger partial charge in [-0.15, -0.1) is 0 Å². The van der Waals surface area contributed by atoms with Crippen LogP contribution in [-0.2, 0) is 6.42 Å². The van der Waals surface area contributed by atoms with Crippen LogP contribution in [-0.4, -0.2) is 5.11 Å². The largest absolute Gasteiger partial charge is 0.508 e. The predicted molar refractivity (Wildman–Crippen MR) is 131 cm³/mol. The predicted octanol–water partition coefficient (Wildman–Crippen LogP) is 9.31. The summed E-state index contributed by atoms with van der Waals surface area (Å²) in [6.07, 6.45) is 19.7. The van der Waals surface area contributed by atoms with Crippen LogP contribution in [0.4, 0.5) is 0 Å².